The van der Waals surface area contributed by atoms with Gasteiger partial charge in [0.15, 0.2) is 17.2 Å². The van der Waals surface area contributed by atoms with Crippen LogP contribution < -0.4 is 26.5 Å². The van der Waals surface area contributed by atoms with Crippen molar-refractivity contribution in [2.45, 2.75) is 13.1 Å². The van der Waals surface area contributed by atoms with Gasteiger partial charge in [0.25, 0.3) is 5.56 Å². The van der Waals surface area contributed by atoms with Crippen molar-refractivity contribution in [3.8, 4) is 22.9 Å². The summed E-state index contributed by atoms with van der Waals surface area (Å²) in [6.07, 6.45) is -4.97. The first-order valence-electron chi connectivity index (χ1n) is 8.85. The Kier molecular flexibility index (Phi) is 5.80. The summed E-state index contributed by atoms with van der Waals surface area (Å²) in [6.45, 7) is 1.16. The Morgan fingerprint density at radius 1 is 1.03 bits per heavy atom. The van der Waals surface area contributed by atoms with Gasteiger partial charge in [-0.05, 0) is 12.1 Å². The molecule has 0 saturated heterocycles. The number of alkyl halides is 3. The van der Waals surface area contributed by atoms with Gasteiger partial charge in [-0.3, -0.25) is 14.2 Å². The highest BCUT2D eigenvalue weighted by Crippen LogP contribution is 2.36. The summed E-state index contributed by atoms with van der Waals surface area (Å²) in [5.41, 5.74) is 0.499. The van der Waals surface area contributed by atoms with Crippen LogP contribution in [-0.2, 0) is 18.0 Å². The summed E-state index contributed by atoms with van der Waals surface area (Å²) in [7, 11) is 0.795. The van der Waals surface area contributed by atoms with Crippen molar-refractivity contribution in [2.24, 2.45) is 7.05 Å². The van der Waals surface area contributed by atoms with Crippen LogP contribution in [0, 0.1) is 5.82 Å². The second kappa shape index (κ2) is 8.21. The summed E-state index contributed by atoms with van der Waals surface area (Å²) in [6, 6.07) is 7.70. The van der Waals surface area contributed by atoms with Crippen molar-refractivity contribution in [3.05, 3.63) is 74.8 Å². The first-order valence-corrected chi connectivity index (χ1v) is 8.85. The molecule has 0 bridgehead atoms. The number of nitrogen functional groups attached to an aromatic ring is 1. The normalized spacial score (nSPS) is 11.3. The third-order valence-electron chi connectivity index (χ3n) is 4.25. The zero-order chi connectivity index (χ0) is 23.8. The Bertz CT molecular complexity index is 1330. The maximum atomic E-state index is 14.6. The molecule has 3 aromatic rings. The molecule has 32 heavy (non-hydrogen) atoms. The lowest BCUT2D eigenvalue weighted by atomic mass is 10.2. The Hall–Kier alpha value is -4.09. The summed E-state index contributed by atoms with van der Waals surface area (Å²) in [5, 5.41) is 0. The number of hydrogen-bond donors (Lipinski definition) is 1. The maximum Gasteiger partial charge on any atom is 0.431 e. The lowest BCUT2D eigenvalue weighted by molar-refractivity contribution is -0.144. The lowest BCUT2D eigenvalue weighted by Gasteiger charge is -2.16. The first-order chi connectivity index (χ1) is 14.9. The Labute approximate surface area is 177 Å². The number of hydrogen-bond acceptors (Lipinski definition) is 6. The second-order valence-electron chi connectivity index (χ2n) is 6.53. The van der Waals surface area contributed by atoms with Gasteiger partial charge < -0.3 is 15.2 Å². The van der Waals surface area contributed by atoms with E-state index in [0.29, 0.717) is 0 Å². The Morgan fingerprint density at radius 3 is 2.25 bits per heavy atom. The van der Waals surface area contributed by atoms with E-state index in [2.05, 4.69) is 0 Å². The maximum absolute atomic E-state index is 14.6. The quantitative estimate of drug-likeness (QED) is 0.282. The van der Waals surface area contributed by atoms with Gasteiger partial charge in [0, 0.05) is 32.2 Å². The molecule has 0 spiro atoms. The molecule has 12 heteroatoms. The first kappa shape index (κ1) is 22.6. The van der Waals surface area contributed by atoms with E-state index < -0.39 is 40.6 Å². The molecule has 2 aromatic carbocycles. The van der Waals surface area contributed by atoms with Gasteiger partial charge in [0.1, 0.15) is 11.5 Å². The number of benzene rings is 2. The number of ether oxygens (including phenoxy) is 2. The minimum atomic E-state index is -4.97. The fourth-order valence-corrected chi connectivity index (χ4v) is 2.83. The fourth-order valence-electron chi connectivity index (χ4n) is 2.83. The van der Waals surface area contributed by atoms with Crippen LogP contribution in [0.2, 0.25) is 0 Å². The molecule has 0 aliphatic heterocycles. The third kappa shape index (κ3) is 4.33. The molecular weight excluding hydrogens is 438 g/mol. The highest BCUT2D eigenvalue weighted by molar-refractivity contribution is 5.70. The molecule has 8 nitrogen and oxygen atoms in total. The van der Waals surface area contributed by atoms with Crippen molar-refractivity contribution in [2.75, 3.05) is 5.73 Å². The zero-order valence-corrected chi connectivity index (χ0v) is 16.6. The minimum absolute atomic E-state index is 0.000345. The molecule has 0 aliphatic carbocycles. The molecule has 1 aromatic heterocycles. The van der Waals surface area contributed by atoms with Crippen LogP contribution in [0.3, 0.4) is 0 Å². The van der Waals surface area contributed by atoms with Crippen LogP contribution >= 0.6 is 0 Å². The van der Waals surface area contributed by atoms with Crippen molar-refractivity contribution < 1.29 is 31.8 Å². The smallest absolute Gasteiger partial charge is 0.431 e. The van der Waals surface area contributed by atoms with Crippen LogP contribution in [0.4, 0.5) is 23.2 Å². The highest BCUT2D eigenvalue weighted by Gasteiger charge is 2.35. The van der Waals surface area contributed by atoms with E-state index in [-0.39, 0.29) is 38.1 Å². The van der Waals surface area contributed by atoms with Gasteiger partial charge in [-0.2, -0.15) is 13.2 Å². The number of nitrogens with two attached hydrogens (primary N) is 1. The monoisotopic (exact) mass is 453 g/mol. The molecule has 0 amide bonds. The summed E-state index contributed by atoms with van der Waals surface area (Å²) < 4.78 is 64.7. The van der Waals surface area contributed by atoms with E-state index in [1.165, 1.54) is 12.1 Å². The number of rotatable bonds is 4. The van der Waals surface area contributed by atoms with Crippen molar-refractivity contribution in [1.82, 2.24) is 9.13 Å². The molecule has 0 saturated carbocycles. The van der Waals surface area contributed by atoms with E-state index >= 15 is 0 Å². The van der Waals surface area contributed by atoms with E-state index in [9.17, 15) is 31.9 Å². The predicted molar refractivity (Wildman–Crippen MR) is 104 cm³/mol. The van der Waals surface area contributed by atoms with Gasteiger partial charge in [-0.25, -0.2) is 13.8 Å². The fraction of sp³-hybridized carbons (Fsp3) is 0.150. The number of carbonyl (C=O) groups excluding carboxylic acids is 1. The van der Waals surface area contributed by atoms with Crippen molar-refractivity contribution in [1.29, 1.82) is 0 Å². The van der Waals surface area contributed by atoms with Gasteiger partial charge in [0.2, 0.25) is 0 Å². The molecule has 0 unspecified atom stereocenters. The minimum Gasteiger partial charge on any atom is -0.451 e. The van der Waals surface area contributed by atoms with E-state index in [0.717, 1.165) is 26.1 Å². The molecule has 0 aliphatic rings. The molecule has 0 fully saturated rings. The van der Waals surface area contributed by atoms with Gasteiger partial charge in [-0.15, -0.1) is 0 Å². The van der Waals surface area contributed by atoms with Gasteiger partial charge in [-0.1, -0.05) is 12.1 Å². The largest absolute Gasteiger partial charge is 0.451 e. The van der Waals surface area contributed by atoms with E-state index in [1.807, 2.05) is 0 Å². The van der Waals surface area contributed by atoms with Crippen LogP contribution in [0.15, 0.2) is 52.1 Å². The molecule has 0 atom stereocenters. The average molecular weight is 453 g/mol. The second-order valence-corrected chi connectivity index (χ2v) is 6.53. The number of para-hydroxylation sites is 2. The van der Waals surface area contributed by atoms with E-state index in [4.69, 9.17) is 15.2 Å². The van der Waals surface area contributed by atoms with Crippen LogP contribution in [-0.4, -0.2) is 15.1 Å². The SMILES string of the molecule is CC(=O)Oc1ccccc1Oc1cc(-n2c(=O)cc(C(F)(F)F)n(C)c2=O)c(F)cc1N. The van der Waals surface area contributed by atoms with Gasteiger partial charge >= 0.3 is 17.8 Å². The zero-order valence-electron chi connectivity index (χ0n) is 16.6. The standard InChI is InChI=1S/C20H15F4N3O5/c1-10(28)31-14-5-3-4-6-15(14)32-16-8-13(11(21)7-12(16)25)27-18(29)9-17(20(22,23)24)26(2)19(27)30/h3-9H,25H2,1-2H3. The summed E-state index contributed by atoms with van der Waals surface area (Å²) in [4.78, 5) is 36.0. The molecule has 0 radical (unpaired) electrons. The van der Waals surface area contributed by atoms with Crippen LogP contribution in [0.5, 0.6) is 17.2 Å². The Morgan fingerprint density at radius 2 is 1.66 bits per heavy atom. The number of aromatic nitrogens is 2. The highest BCUT2D eigenvalue weighted by atomic mass is 19.4. The number of esters is 1. The van der Waals surface area contributed by atoms with Crippen molar-refractivity contribution in [3.63, 3.8) is 0 Å². The molecule has 1 heterocycles. The lowest BCUT2D eigenvalue weighted by Crippen LogP contribution is -2.41. The number of nitrogens with zero attached hydrogens (tertiary/aromatic N) is 2. The predicted octanol–water partition coefficient (Wildman–Crippen LogP) is 2.99. The van der Waals surface area contributed by atoms with Crippen LogP contribution in [0.1, 0.15) is 12.6 Å². The molecule has 168 valence electrons. The average Bonchev–Trinajstić information content (AvgIpc) is 2.68. The Balaban J connectivity index is 2.16. The molecule has 3 rings (SSSR count). The van der Waals surface area contributed by atoms with Crippen LogP contribution in [0.25, 0.3) is 5.69 Å². The number of halogens is 4. The summed E-state index contributed by atoms with van der Waals surface area (Å²) in [5.74, 6) is -2.03. The van der Waals surface area contributed by atoms with Crippen molar-refractivity contribution >= 4 is 11.7 Å². The number of anilines is 1. The number of carbonyl (C=O) groups is 1. The van der Waals surface area contributed by atoms with E-state index in [1.54, 1.807) is 12.1 Å². The molecule has 2 N–H and O–H groups in total. The molecular formula is C20H15F4N3O5. The van der Waals surface area contributed by atoms with Gasteiger partial charge in [0.05, 0.1) is 11.4 Å². The summed E-state index contributed by atoms with van der Waals surface area (Å²) >= 11 is 0. The topological polar surface area (TPSA) is 106 Å². The third-order valence-corrected chi connectivity index (χ3v) is 4.25.